The minimum atomic E-state index is -0.461. The van der Waals surface area contributed by atoms with Gasteiger partial charge >= 0.3 is 0 Å². The average molecular weight is 297 g/mol. The van der Waals surface area contributed by atoms with E-state index in [4.69, 9.17) is 9.57 Å². The Morgan fingerprint density at radius 1 is 0.955 bits per heavy atom. The number of hydrogen-bond donors (Lipinski definition) is 0. The zero-order chi connectivity index (χ0) is 15.7. The van der Waals surface area contributed by atoms with Crippen LogP contribution < -0.4 is 4.74 Å². The first kappa shape index (κ1) is 14.3. The number of carbonyl (C=O) groups excluding carboxylic acids is 2. The zero-order valence-electron chi connectivity index (χ0n) is 12.3. The van der Waals surface area contributed by atoms with E-state index in [2.05, 4.69) is 0 Å². The van der Waals surface area contributed by atoms with Gasteiger partial charge in [0.25, 0.3) is 11.8 Å². The summed E-state index contributed by atoms with van der Waals surface area (Å²) in [6.45, 7) is 1.78. The number of imide groups is 1. The Labute approximate surface area is 128 Å². The molecule has 2 aromatic rings. The Bertz CT molecular complexity index is 706. The van der Waals surface area contributed by atoms with Crippen molar-refractivity contribution in [1.29, 1.82) is 0 Å². The summed E-state index contributed by atoms with van der Waals surface area (Å²) in [7, 11) is 1.58. The molecule has 0 bridgehead atoms. The Morgan fingerprint density at radius 2 is 1.59 bits per heavy atom. The molecule has 1 heterocycles. The summed E-state index contributed by atoms with van der Waals surface area (Å²) in [5, 5.41) is 0.828. The topological polar surface area (TPSA) is 55.8 Å². The standard InChI is InChI=1S/C17H15NO4/c1-11(12-6-5-7-13(10-12)21-2)22-18-16(19)14-8-3-4-9-15(14)17(18)20/h3-11H,1-2H3. The second-order valence-electron chi connectivity index (χ2n) is 4.97. The highest BCUT2D eigenvalue weighted by Crippen LogP contribution is 2.28. The lowest BCUT2D eigenvalue weighted by Crippen LogP contribution is -2.31. The van der Waals surface area contributed by atoms with Crippen LogP contribution in [0.1, 0.15) is 39.3 Å². The molecule has 3 rings (SSSR count). The Hall–Kier alpha value is -2.66. The summed E-state index contributed by atoms with van der Waals surface area (Å²) >= 11 is 0. The summed E-state index contributed by atoms with van der Waals surface area (Å²) in [5.74, 6) is -0.180. The molecular weight excluding hydrogens is 282 g/mol. The van der Waals surface area contributed by atoms with E-state index in [0.29, 0.717) is 16.9 Å². The van der Waals surface area contributed by atoms with Crippen LogP contribution in [0, 0.1) is 0 Å². The monoisotopic (exact) mass is 297 g/mol. The molecule has 0 N–H and O–H groups in total. The maximum absolute atomic E-state index is 12.3. The van der Waals surface area contributed by atoms with Gasteiger partial charge in [-0.2, -0.15) is 0 Å². The summed E-state index contributed by atoms with van der Waals surface area (Å²) < 4.78 is 5.16. The highest BCUT2D eigenvalue weighted by atomic mass is 16.7. The van der Waals surface area contributed by atoms with Crippen molar-refractivity contribution in [3.63, 3.8) is 0 Å². The maximum atomic E-state index is 12.3. The van der Waals surface area contributed by atoms with E-state index in [9.17, 15) is 9.59 Å². The van der Waals surface area contributed by atoms with Crippen LogP contribution in [-0.4, -0.2) is 24.0 Å². The van der Waals surface area contributed by atoms with Gasteiger partial charge in [-0.25, -0.2) is 0 Å². The first-order valence-corrected chi connectivity index (χ1v) is 6.90. The van der Waals surface area contributed by atoms with Crippen LogP contribution in [0.3, 0.4) is 0 Å². The molecule has 0 radical (unpaired) electrons. The quantitative estimate of drug-likeness (QED) is 0.814. The van der Waals surface area contributed by atoms with Crippen LogP contribution in [-0.2, 0) is 4.84 Å². The molecule has 0 saturated carbocycles. The van der Waals surface area contributed by atoms with Crippen molar-refractivity contribution < 1.29 is 19.2 Å². The predicted octanol–water partition coefficient (Wildman–Crippen LogP) is 2.98. The van der Waals surface area contributed by atoms with Crippen molar-refractivity contribution in [3.05, 3.63) is 65.2 Å². The second-order valence-corrected chi connectivity index (χ2v) is 4.97. The summed E-state index contributed by atoms with van der Waals surface area (Å²) in [5.41, 5.74) is 1.55. The Kier molecular flexibility index (Phi) is 3.65. The molecule has 5 nitrogen and oxygen atoms in total. The average Bonchev–Trinajstić information content (AvgIpc) is 2.80. The van der Waals surface area contributed by atoms with Gasteiger partial charge in [-0.3, -0.25) is 14.4 Å². The Morgan fingerprint density at radius 3 is 2.18 bits per heavy atom. The molecule has 5 heteroatoms. The van der Waals surface area contributed by atoms with Crippen LogP contribution in [0.4, 0.5) is 0 Å². The van der Waals surface area contributed by atoms with E-state index in [-0.39, 0.29) is 0 Å². The van der Waals surface area contributed by atoms with Gasteiger partial charge in [0, 0.05) is 0 Å². The van der Waals surface area contributed by atoms with E-state index in [1.165, 1.54) is 0 Å². The normalized spacial score (nSPS) is 14.9. The van der Waals surface area contributed by atoms with Crippen molar-refractivity contribution in [1.82, 2.24) is 5.06 Å². The van der Waals surface area contributed by atoms with E-state index in [0.717, 1.165) is 10.6 Å². The lowest BCUT2D eigenvalue weighted by Gasteiger charge is -2.19. The highest BCUT2D eigenvalue weighted by molar-refractivity contribution is 6.20. The lowest BCUT2D eigenvalue weighted by atomic mass is 10.1. The third kappa shape index (κ3) is 2.35. The number of ether oxygens (including phenoxy) is 1. The fourth-order valence-electron chi connectivity index (χ4n) is 2.38. The fraction of sp³-hybridized carbons (Fsp3) is 0.176. The van der Waals surface area contributed by atoms with Gasteiger partial charge in [-0.1, -0.05) is 24.3 Å². The maximum Gasteiger partial charge on any atom is 0.285 e. The lowest BCUT2D eigenvalue weighted by molar-refractivity contribution is -0.128. The third-order valence-corrected chi connectivity index (χ3v) is 3.58. The molecule has 22 heavy (non-hydrogen) atoms. The van der Waals surface area contributed by atoms with Gasteiger partial charge < -0.3 is 4.74 Å². The van der Waals surface area contributed by atoms with Gasteiger partial charge in [-0.05, 0) is 36.8 Å². The number of benzene rings is 2. The molecule has 2 aromatic carbocycles. The van der Waals surface area contributed by atoms with Crippen molar-refractivity contribution in [3.8, 4) is 5.75 Å². The molecule has 1 unspecified atom stereocenters. The number of carbonyl (C=O) groups is 2. The smallest absolute Gasteiger partial charge is 0.285 e. The van der Waals surface area contributed by atoms with Gasteiger partial charge in [0.15, 0.2) is 0 Å². The molecule has 0 aromatic heterocycles. The SMILES string of the molecule is COc1cccc(C(C)ON2C(=O)c3ccccc3C2=O)c1. The van der Waals surface area contributed by atoms with Crippen LogP contribution >= 0.6 is 0 Å². The van der Waals surface area contributed by atoms with Gasteiger partial charge in [0.2, 0.25) is 0 Å². The van der Waals surface area contributed by atoms with Crippen LogP contribution in [0.15, 0.2) is 48.5 Å². The molecule has 1 atom stereocenters. The molecular formula is C17H15NO4. The molecule has 2 amide bonds. The molecule has 112 valence electrons. The zero-order valence-corrected chi connectivity index (χ0v) is 12.3. The summed E-state index contributed by atoms with van der Waals surface area (Å²) in [6.07, 6.45) is -0.461. The molecule has 0 saturated heterocycles. The number of methoxy groups -OCH3 is 1. The number of amides is 2. The molecule has 1 aliphatic heterocycles. The summed E-state index contributed by atoms with van der Waals surface area (Å²) in [6, 6.07) is 14.0. The number of fused-ring (bicyclic) bond motifs is 1. The van der Waals surface area contributed by atoms with Gasteiger partial charge in [0.05, 0.1) is 18.2 Å². The van der Waals surface area contributed by atoms with Gasteiger partial charge in [-0.15, -0.1) is 5.06 Å². The Balaban J connectivity index is 1.82. The van der Waals surface area contributed by atoms with Crippen molar-refractivity contribution >= 4 is 11.8 Å². The second kappa shape index (κ2) is 5.61. The minimum absolute atomic E-state index is 0.366. The number of hydroxylamine groups is 2. The van der Waals surface area contributed by atoms with E-state index in [1.807, 2.05) is 24.3 Å². The molecule has 0 aliphatic carbocycles. The molecule has 1 aliphatic rings. The number of rotatable bonds is 4. The number of hydrogen-bond acceptors (Lipinski definition) is 4. The van der Waals surface area contributed by atoms with Crippen molar-refractivity contribution in [2.45, 2.75) is 13.0 Å². The van der Waals surface area contributed by atoms with Crippen molar-refractivity contribution in [2.24, 2.45) is 0 Å². The van der Waals surface area contributed by atoms with E-state index in [1.54, 1.807) is 38.3 Å². The van der Waals surface area contributed by atoms with Gasteiger partial charge in [0.1, 0.15) is 11.9 Å². The van der Waals surface area contributed by atoms with Crippen LogP contribution in [0.5, 0.6) is 5.75 Å². The minimum Gasteiger partial charge on any atom is -0.497 e. The third-order valence-electron chi connectivity index (χ3n) is 3.58. The molecule has 0 fully saturated rings. The van der Waals surface area contributed by atoms with E-state index < -0.39 is 17.9 Å². The first-order chi connectivity index (χ1) is 10.6. The van der Waals surface area contributed by atoms with E-state index >= 15 is 0 Å². The number of nitrogens with zero attached hydrogens (tertiary/aromatic N) is 1. The van der Waals surface area contributed by atoms with Crippen LogP contribution in [0.2, 0.25) is 0 Å². The van der Waals surface area contributed by atoms with Crippen LogP contribution in [0.25, 0.3) is 0 Å². The predicted molar refractivity (Wildman–Crippen MR) is 79.4 cm³/mol. The van der Waals surface area contributed by atoms with Crippen molar-refractivity contribution in [2.75, 3.05) is 7.11 Å². The molecule has 0 spiro atoms. The fourth-order valence-corrected chi connectivity index (χ4v) is 2.38. The highest BCUT2D eigenvalue weighted by Gasteiger charge is 2.37. The summed E-state index contributed by atoms with van der Waals surface area (Å²) in [4.78, 5) is 30.1. The first-order valence-electron chi connectivity index (χ1n) is 6.90. The largest absolute Gasteiger partial charge is 0.497 e.